The van der Waals surface area contributed by atoms with Crippen molar-refractivity contribution in [3.8, 4) is 22.6 Å². The Morgan fingerprint density at radius 3 is 2.93 bits per heavy atom. The molecule has 1 atom stereocenters. The Kier molecular flexibility index (Phi) is 5.35. The molecule has 2 N–H and O–H groups in total. The molecule has 5 heteroatoms. The van der Waals surface area contributed by atoms with Crippen molar-refractivity contribution in [2.75, 3.05) is 20.2 Å². The molecular weight excluding hydrogens is 350 g/mol. The summed E-state index contributed by atoms with van der Waals surface area (Å²) in [5, 5.41) is 17.9. The molecule has 1 fully saturated rings. The summed E-state index contributed by atoms with van der Waals surface area (Å²) < 4.78 is 5.45. The molecule has 0 bridgehead atoms. The van der Waals surface area contributed by atoms with Crippen molar-refractivity contribution >= 4 is 0 Å². The minimum Gasteiger partial charge on any atom is -0.507 e. The van der Waals surface area contributed by atoms with Crippen LogP contribution in [0.15, 0.2) is 48.7 Å². The van der Waals surface area contributed by atoms with Crippen LogP contribution in [0.25, 0.3) is 11.1 Å². The zero-order chi connectivity index (χ0) is 19.5. The number of phenolic OH excluding ortho intramolecular Hbond substituents is 1. The number of methoxy groups -OCH3 is 1. The molecule has 3 aromatic rings. The minimum absolute atomic E-state index is 0.295. The van der Waals surface area contributed by atoms with Gasteiger partial charge < -0.3 is 9.84 Å². The maximum Gasteiger partial charge on any atom is 0.127 e. The van der Waals surface area contributed by atoms with Gasteiger partial charge in [0.15, 0.2) is 0 Å². The fraction of sp³-hybridized carbons (Fsp3) is 0.348. The predicted molar refractivity (Wildman–Crippen MR) is 111 cm³/mol. The first kappa shape index (κ1) is 18.6. The van der Waals surface area contributed by atoms with Gasteiger partial charge in [0.1, 0.15) is 11.5 Å². The highest BCUT2D eigenvalue weighted by Gasteiger charge is 2.26. The molecule has 146 valence electrons. The molecule has 1 unspecified atom stereocenters. The van der Waals surface area contributed by atoms with Crippen molar-refractivity contribution in [3.05, 3.63) is 65.5 Å². The fourth-order valence-electron chi connectivity index (χ4n) is 4.21. The second-order valence-electron chi connectivity index (χ2n) is 7.60. The van der Waals surface area contributed by atoms with Gasteiger partial charge in [0.25, 0.3) is 0 Å². The molecule has 0 spiro atoms. The van der Waals surface area contributed by atoms with Crippen molar-refractivity contribution < 1.29 is 9.84 Å². The van der Waals surface area contributed by atoms with Crippen LogP contribution >= 0.6 is 0 Å². The maximum absolute atomic E-state index is 10.3. The van der Waals surface area contributed by atoms with Crippen LogP contribution in [0.5, 0.6) is 11.5 Å². The fourth-order valence-corrected chi connectivity index (χ4v) is 4.21. The van der Waals surface area contributed by atoms with Crippen LogP contribution in [0.1, 0.15) is 35.6 Å². The molecule has 2 heterocycles. The number of phenols is 1. The average molecular weight is 377 g/mol. The highest BCUT2D eigenvalue weighted by atomic mass is 16.5. The monoisotopic (exact) mass is 377 g/mol. The molecule has 0 saturated carbocycles. The average Bonchev–Trinajstić information content (AvgIpc) is 3.20. The lowest BCUT2D eigenvalue weighted by Gasteiger charge is -2.33. The molecule has 28 heavy (non-hydrogen) atoms. The standard InChI is InChI=1S/C23H27N3O2/c1-16-6-3-7-17(12-16)19-13-24-25-23(19)18-8-5-11-26(14-18)15-20-21(27)9-4-10-22(20)28-2/h3-4,6-7,9-10,12-13,18,27H,5,8,11,14-15H2,1-2H3,(H,24,25). The molecular formula is C23H27N3O2. The maximum atomic E-state index is 10.3. The highest BCUT2D eigenvalue weighted by molar-refractivity contribution is 5.66. The second kappa shape index (κ2) is 8.07. The smallest absolute Gasteiger partial charge is 0.127 e. The van der Waals surface area contributed by atoms with Crippen molar-refractivity contribution in [1.82, 2.24) is 15.1 Å². The molecule has 1 aliphatic heterocycles. The summed E-state index contributed by atoms with van der Waals surface area (Å²) in [7, 11) is 1.65. The Hall–Kier alpha value is -2.79. The number of benzene rings is 2. The van der Waals surface area contributed by atoms with Crippen LogP contribution in [0.2, 0.25) is 0 Å². The van der Waals surface area contributed by atoms with E-state index in [0.29, 0.717) is 18.2 Å². The van der Waals surface area contributed by atoms with E-state index in [1.54, 1.807) is 13.2 Å². The van der Waals surface area contributed by atoms with Crippen molar-refractivity contribution in [2.45, 2.75) is 32.2 Å². The summed E-state index contributed by atoms with van der Waals surface area (Å²) in [6, 6.07) is 14.0. The molecule has 1 aromatic heterocycles. The molecule has 4 rings (SSSR count). The van der Waals surface area contributed by atoms with E-state index in [1.807, 2.05) is 18.3 Å². The van der Waals surface area contributed by atoms with Crippen molar-refractivity contribution in [3.63, 3.8) is 0 Å². The summed E-state index contributed by atoms with van der Waals surface area (Å²) in [6.07, 6.45) is 4.19. The van der Waals surface area contributed by atoms with Gasteiger partial charge in [0, 0.05) is 35.8 Å². The van der Waals surface area contributed by atoms with Crippen molar-refractivity contribution in [2.24, 2.45) is 0 Å². The van der Waals surface area contributed by atoms with E-state index in [9.17, 15) is 5.11 Å². The molecule has 0 aliphatic carbocycles. The molecule has 2 aromatic carbocycles. The van der Waals surface area contributed by atoms with Crippen LogP contribution in [-0.4, -0.2) is 40.4 Å². The third-order valence-corrected chi connectivity index (χ3v) is 5.62. The van der Waals surface area contributed by atoms with Gasteiger partial charge in [-0.1, -0.05) is 35.9 Å². The SMILES string of the molecule is COc1cccc(O)c1CN1CCCC(c2[nH]ncc2-c2cccc(C)c2)C1. The first-order chi connectivity index (χ1) is 13.7. The zero-order valence-corrected chi connectivity index (χ0v) is 16.5. The van der Waals surface area contributed by atoms with Crippen molar-refractivity contribution in [1.29, 1.82) is 0 Å². The Morgan fingerprint density at radius 1 is 1.25 bits per heavy atom. The first-order valence-electron chi connectivity index (χ1n) is 9.83. The van der Waals surface area contributed by atoms with Gasteiger partial charge in [-0.2, -0.15) is 5.10 Å². The van der Waals surface area contributed by atoms with Crippen LogP contribution < -0.4 is 4.74 Å². The molecule has 0 radical (unpaired) electrons. The predicted octanol–water partition coefficient (Wildman–Crippen LogP) is 4.48. The summed E-state index contributed by atoms with van der Waals surface area (Å²) in [5.41, 5.74) is 5.72. The summed E-state index contributed by atoms with van der Waals surface area (Å²) in [5.74, 6) is 1.43. The Morgan fingerprint density at radius 2 is 2.11 bits per heavy atom. The lowest BCUT2D eigenvalue weighted by molar-refractivity contribution is 0.194. The lowest BCUT2D eigenvalue weighted by Crippen LogP contribution is -2.34. The zero-order valence-electron chi connectivity index (χ0n) is 16.5. The lowest BCUT2D eigenvalue weighted by atomic mass is 9.90. The van der Waals surface area contributed by atoms with Gasteiger partial charge in [-0.15, -0.1) is 0 Å². The largest absolute Gasteiger partial charge is 0.507 e. The second-order valence-corrected chi connectivity index (χ2v) is 7.60. The number of rotatable bonds is 5. The molecule has 1 saturated heterocycles. The summed E-state index contributed by atoms with van der Waals surface area (Å²) >= 11 is 0. The van der Waals surface area contributed by atoms with Gasteiger partial charge in [-0.3, -0.25) is 10.00 Å². The Bertz CT molecular complexity index is 951. The van der Waals surface area contributed by atoms with E-state index in [2.05, 4.69) is 46.3 Å². The van der Waals surface area contributed by atoms with E-state index in [1.165, 1.54) is 22.4 Å². The third kappa shape index (κ3) is 3.76. The van der Waals surface area contributed by atoms with Crippen LogP contribution in [0, 0.1) is 6.92 Å². The number of aromatic amines is 1. The van der Waals surface area contributed by atoms with E-state index in [4.69, 9.17) is 4.74 Å². The topological polar surface area (TPSA) is 61.4 Å². The van der Waals surface area contributed by atoms with E-state index >= 15 is 0 Å². The van der Waals surface area contributed by atoms with E-state index in [-0.39, 0.29) is 0 Å². The number of nitrogens with one attached hydrogen (secondary N) is 1. The van der Waals surface area contributed by atoms with E-state index in [0.717, 1.165) is 37.2 Å². The number of piperidine rings is 1. The quantitative estimate of drug-likeness (QED) is 0.688. The van der Waals surface area contributed by atoms with Crippen LogP contribution in [-0.2, 0) is 6.54 Å². The van der Waals surface area contributed by atoms with Gasteiger partial charge >= 0.3 is 0 Å². The summed E-state index contributed by atoms with van der Waals surface area (Å²) in [6.45, 7) is 4.74. The van der Waals surface area contributed by atoms with E-state index < -0.39 is 0 Å². The number of ether oxygens (including phenoxy) is 1. The number of H-pyrrole nitrogens is 1. The first-order valence-corrected chi connectivity index (χ1v) is 9.83. The van der Waals surface area contributed by atoms with Gasteiger partial charge in [0.2, 0.25) is 0 Å². The number of aromatic hydroxyl groups is 1. The van der Waals surface area contributed by atoms with Gasteiger partial charge in [0.05, 0.1) is 13.3 Å². The number of nitrogens with zero attached hydrogens (tertiary/aromatic N) is 2. The normalized spacial score (nSPS) is 17.6. The number of aromatic nitrogens is 2. The van der Waals surface area contributed by atoms with Crippen LogP contribution in [0.3, 0.4) is 0 Å². The van der Waals surface area contributed by atoms with Gasteiger partial charge in [-0.05, 0) is 44.0 Å². The Labute approximate surface area is 166 Å². The molecule has 0 amide bonds. The highest BCUT2D eigenvalue weighted by Crippen LogP contribution is 2.35. The van der Waals surface area contributed by atoms with Gasteiger partial charge in [-0.25, -0.2) is 0 Å². The molecule has 1 aliphatic rings. The molecule has 5 nitrogen and oxygen atoms in total. The Balaban J connectivity index is 1.55. The number of hydrogen-bond acceptors (Lipinski definition) is 4. The van der Waals surface area contributed by atoms with Crippen LogP contribution in [0.4, 0.5) is 0 Å². The summed E-state index contributed by atoms with van der Waals surface area (Å²) in [4.78, 5) is 2.40. The number of likely N-dealkylation sites (tertiary alicyclic amines) is 1. The third-order valence-electron chi connectivity index (χ3n) is 5.62. The number of hydrogen-bond donors (Lipinski definition) is 2. The minimum atomic E-state index is 0.295. The number of aryl methyl sites for hydroxylation is 1.